The molecule has 0 bridgehead atoms. The fraction of sp³-hybridized carbons (Fsp3) is 0.571. The van der Waals surface area contributed by atoms with Gasteiger partial charge in [-0.05, 0) is 28.2 Å². The van der Waals surface area contributed by atoms with Crippen LogP contribution in [0.3, 0.4) is 0 Å². The average Bonchev–Trinajstić information content (AvgIpc) is 1.25. The van der Waals surface area contributed by atoms with Gasteiger partial charge in [0, 0.05) is 18.6 Å². The van der Waals surface area contributed by atoms with Crippen LogP contribution in [0.25, 0.3) is 0 Å². The maximum atomic E-state index is 3.47. The zero-order chi connectivity index (χ0) is 7.15. The van der Waals surface area contributed by atoms with Crippen LogP contribution in [0.4, 0.5) is 0 Å². The first kappa shape index (κ1) is 22.4. The third kappa shape index (κ3) is 1880. The number of nitrogens with zero attached hydrogens (tertiary/aromatic N) is 2. The van der Waals surface area contributed by atoms with Gasteiger partial charge in [0.05, 0.1) is 0 Å². The molecule has 10 heavy (non-hydrogen) atoms. The molecule has 3 heteroatoms. The zero-order valence-corrected chi connectivity index (χ0v) is 9.15. The summed E-state index contributed by atoms with van der Waals surface area (Å²) in [5, 5.41) is 0. The molecule has 0 aliphatic rings. The Labute approximate surface area is 78.5 Å². The quantitative estimate of drug-likeness (QED) is 0.518. The minimum absolute atomic E-state index is 0. The molecular weight excluding hydrogens is 163 g/mol. The molecule has 0 unspecified atom stereocenters. The standard InChI is InChI=1S/2C3H8N.CH3.V/c2*1-4(2)3;;/h2*1H2,2-3H3;1H3;/q3*-1;. The predicted octanol–water partition coefficient (Wildman–Crippen LogP) is 1.13. The molecule has 0 aliphatic carbocycles. The normalized spacial score (nSPS) is 7.20. The molecule has 65 valence electrons. The minimum Gasteiger partial charge on any atom is -0.464 e. The largest absolute Gasteiger partial charge is 0.464 e. The van der Waals surface area contributed by atoms with Crippen LogP contribution >= 0.6 is 0 Å². The Bertz CT molecular complexity index is 27.1. The molecule has 0 rings (SSSR count). The molecule has 0 N–H and O–H groups in total. The molecule has 0 saturated carbocycles. The Hall–Kier alpha value is 0.504. The van der Waals surface area contributed by atoms with E-state index >= 15 is 0 Å². The average molecular weight is 182 g/mol. The molecule has 0 aromatic heterocycles. The van der Waals surface area contributed by atoms with Gasteiger partial charge < -0.3 is 17.2 Å². The van der Waals surface area contributed by atoms with Gasteiger partial charge in [0.1, 0.15) is 0 Å². The van der Waals surface area contributed by atoms with Crippen LogP contribution in [-0.2, 0) is 18.6 Å². The van der Waals surface area contributed by atoms with Crippen molar-refractivity contribution in [1.29, 1.82) is 0 Å². The van der Waals surface area contributed by atoms with E-state index in [0.717, 1.165) is 0 Å². The van der Waals surface area contributed by atoms with Crippen LogP contribution < -0.4 is 0 Å². The van der Waals surface area contributed by atoms with Crippen molar-refractivity contribution < 1.29 is 18.6 Å². The summed E-state index contributed by atoms with van der Waals surface area (Å²) in [5.74, 6) is 0. The first-order valence-electron chi connectivity index (χ1n) is 2.42. The molecular formula is C7H19N2V-3. The van der Waals surface area contributed by atoms with E-state index in [1.807, 2.05) is 28.2 Å². The summed E-state index contributed by atoms with van der Waals surface area (Å²) in [6.45, 7) is 0. The monoisotopic (exact) mass is 182 g/mol. The molecule has 0 saturated heterocycles. The van der Waals surface area contributed by atoms with Crippen molar-refractivity contribution in [3.63, 3.8) is 0 Å². The summed E-state index contributed by atoms with van der Waals surface area (Å²) in [6, 6.07) is 0. The molecule has 0 atom stereocenters. The first-order chi connectivity index (χ1) is 3.46. The summed E-state index contributed by atoms with van der Waals surface area (Å²) < 4.78 is 0. The van der Waals surface area contributed by atoms with Crippen molar-refractivity contribution in [2.45, 2.75) is 0 Å². The number of hydrogen-bond donors (Lipinski definition) is 0. The Kier molecular flexibility index (Phi) is 36.4. The van der Waals surface area contributed by atoms with E-state index < -0.39 is 0 Å². The van der Waals surface area contributed by atoms with Gasteiger partial charge >= 0.3 is 0 Å². The Morgan fingerprint density at radius 2 is 0.800 bits per heavy atom. The predicted molar refractivity (Wildman–Crippen MR) is 44.5 cm³/mol. The van der Waals surface area contributed by atoms with E-state index in [1.54, 1.807) is 9.80 Å². The van der Waals surface area contributed by atoms with Gasteiger partial charge in [-0.2, -0.15) is 0 Å². The van der Waals surface area contributed by atoms with Gasteiger partial charge in [-0.25, -0.2) is 0 Å². The summed E-state index contributed by atoms with van der Waals surface area (Å²) in [5.41, 5.74) is 0. The maximum Gasteiger partial charge on any atom is 0 e. The number of rotatable bonds is 0. The number of hydrogen-bond acceptors (Lipinski definition) is 2. The van der Waals surface area contributed by atoms with Gasteiger partial charge in [-0.3, -0.25) is 14.1 Å². The minimum atomic E-state index is 0. The molecule has 0 heterocycles. The molecule has 0 fully saturated rings. The second-order valence-electron chi connectivity index (χ2n) is 2.16. The maximum absolute atomic E-state index is 3.47. The van der Waals surface area contributed by atoms with Crippen molar-refractivity contribution in [2.75, 3.05) is 28.2 Å². The van der Waals surface area contributed by atoms with Crippen LogP contribution in [0.15, 0.2) is 0 Å². The van der Waals surface area contributed by atoms with Gasteiger partial charge in [-0.1, -0.05) is 0 Å². The van der Waals surface area contributed by atoms with E-state index in [-0.39, 0.29) is 26.0 Å². The van der Waals surface area contributed by atoms with Crippen molar-refractivity contribution in [2.24, 2.45) is 0 Å². The van der Waals surface area contributed by atoms with Crippen molar-refractivity contribution in [3.05, 3.63) is 21.5 Å². The van der Waals surface area contributed by atoms with Crippen LogP contribution in [-0.4, -0.2) is 38.0 Å². The third-order valence-electron chi connectivity index (χ3n) is 0. The van der Waals surface area contributed by atoms with E-state index in [0.29, 0.717) is 0 Å². The zero-order valence-electron chi connectivity index (χ0n) is 7.76. The Morgan fingerprint density at radius 3 is 0.800 bits per heavy atom. The van der Waals surface area contributed by atoms with Gasteiger partial charge in [0.25, 0.3) is 0 Å². The smallest absolute Gasteiger partial charge is 0 e. The van der Waals surface area contributed by atoms with E-state index in [2.05, 4.69) is 14.1 Å². The van der Waals surface area contributed by atoms with Crippen LogP contribution in [0.5, 0.6) is 0 Å². The second kappa shape index (κ2) is 16.2. The van der Waals surface area contributed by atoms with Crippen LogP contribution in [0, 0.1) is 21.5 Å². The fourth-order valence-electron chi connectivity index (χ4n) is 0. The van der Waals surface area contributed by atoms with Gasteiger partial charge in [-0.15, -0.1) is 0 Å². The molecule has 0 amide bonds. The Balaban J connectivity index is -0.0000000300. The molecule has 0 aliphatic heterocycles. The molecule has 0 aromatic rings. The van der Waals surface area contributed by atoms with Crippen LogP contribution in [0.1, 0.15) is 0 Å². The molecule has 0 spiro atoms. The fourth-order valence-corrected chi connectivity index (χ4v) is 0. The van der Waals surface area contributed by atoms with Gasteiger partial charge in [0.15, 0.2) is 0 Å². The van der Waals surface area contributed by atoms with E-state index in [1.165, 1.54) is 0 Å². The molecule has 1 radical (unpaired) electrons. The van der Waals surface area contributed by atoms with Crippen LogP contribution in [0.2, 0.25) is 0 Å². The van der Waals surface area contributed by atoms with Gasteiger partial charge in [0.2, 0.25) is 0 Å². The molecule has 0 aromatic carbocycles. The summed E-state index contributed by atoms with van der Waals surface area (Å²) >= 11 is 0. The van der Waals surface area contributed by atoms with Crippen molar-refractivity contribution >= 4 is 0 Å². The second-order valence-corrected chi connectivity index (χ2v) is 2.16. The third-order valence-corrected chi connectivity index (χ3v) is 0. The van der Waals surface area contributed by atoms with Crippen molar-refractivity contribution in [1.82, 2.24) is 9.80 Å². The van der Waals surface area contributed by atoms with E-state index in [9.17, 15) is 0 Å². The summed E-state index contributed by atoms with van der Waals surface area (Å²) in [4.78, 5) is 3.50. The first-order valence-corrected chi connectivity index (χ1v) is 2.42. The topological polar surface area (TPSA) is 6.48 Å². The summed E-state index contributed by atoms with van der Waals surface area (Å²) in [7, 11) is 14.5. The van der Waals surface area contributed by atoms with E-state index in [4.69, 9.17) is 0 Å². The Morgan fingerprint density at radius 1 is 0.800 bits per heavy atom. The molecule has 2 nitrogen and oxygen atoms in total. The SMILES string of the molecule is [CH2-]N(C)C.[CH2-]N(C)C.[CH3-].[V]. The summed E-state index contributed by atoms with van der Waals surface area (Å²) in [6.07, 6.45) is 0. The van der Waals surface area contributed by atoms with Crippen molar-refractivity contribution in [3.8, 4) is 0 Å².